The second-order valence-corrected chi connectivity index (χ2v) is 9.06. The first kappa shape index (κ1) is 26.7. The standard InChI is InChI=1S/C28H25FN2O6S/c1-3-36-24-14-18(8-13-23(24)37-17-19-6-4-5-7-22(19)29)15-25-27(33)31(28(34)38-25)16-26(32)30-20-9-11-21(35-2)12-10-20/h4-15H,3,16-17H2,1-2H3,(H,30,32)/b25-15+. The van der Waals surface area contributed by atoms with Gasteiger partial charge in [-0.1, -0.05) is 24.3 Å². The number of halogens is 1. The van der Waals surface area contributed by atoms with E-state index < -0.39 is 23.6 Å². The number of carbonyl (C=O) groups excluding carboxylic acids is 3. The Kier molecular flexibility index (Phi) is 8.65. The van der Waals surface area contributed by atoms with Crippen LogP contribution in [0.1, 0.15) is 18.1 Å². The van der Waals surface area contributed by atoms with Crippen LogP contribution in [0.4, 0.5) is 14.9 Å². The Morgan fingerprint density at radius 3 is 2.50 bits per heavy atom. The van der Waals surface area contributed by atoms with Gasteiger partial charge in [-0.15, -0.1) is 0 Å². The third-order valence-corrected chi connectivity index (χ3v) is 6.36. The van der Waals surface area contributed by atoms with Crippen LogP contribution in [0, 0.1) is 5.82 Å². The average molecular weight is 537 g/mol. The first-order chi connectivity index (χ1) is 18.4. The molecule has 10 heteroatoms. The number of rotatable bonds is 10. The molecule has 1 N–H and O–H groups in total. The van der Waals surface area contributed by atoms with Crippen molar-refractivity contribution in [2.24, 2.45) is 0 Å². The molecule has 1 aliphatic rings. The Hall–Kier alpha value is -4.31. The van der Waals surface area contributed by atoms with Gasteiger partial charge in [0.1, 0.15) is 24.7 Å². The Balaban J connectivity index is 1.43. The van der Waals surface area contributed by atoms with Crippen molar-refractivity contribution in [1.29, 1.82) is 0 Å². The highest BCUT2D eigenvalue weighted by Gasteiger charge is 2.36. The normalized spacial score (nSPS) is 14.1. The van der Waals surface area contributed by atoms with Crippen molar-refractivity contribution in [3.8, 4) is 17.2 Å². The largest absolute Gasteiger partial charge is 0.497 e. The zero-order valence-electron chi connectivity index (χ0n) is 20.7. The van der Waals surface area contributed by atoms with Crippen molar-refractivity contribution in [3.05, 3.63) is 88.6 Å². The molecular weight excluding hydrogens is 511 g/mol. The third kappa shape index (κ3) is 6.51. The lowest BCUT2D eigenvalue weighted by Crippen LogP contribution is -2.36. The van der Waals surface area contributed by atoms with Crippen LogP contribution in [0.25, 0.3) is 6.08 Å². The van der Waals surface area contributed by atoms with Crippen molar-refractivity contribution in [2.45, 2.75) is 13.5 Å². The molecule has 3 aromatic carbocycles. The minimum Gasteiger partial charge on any atom is -0.497 e. The summed E-state index contributed by atoms with van der Waals surface area (Å²) in [6.07, 6.45) is 1.55. The molecule has 3 amide bonds. The molecule has 0 aliphatic carbocycles. The Morgan fingerprint density at radius 2 is 1.79 bits per heavy atom. The number of thioether (sulfide) groups is 1. The van der Waals surface area contributed by atoms with E-state index in [2.05, 4.69) is 5.32 Å². The van der Waals surface area contributed by atoms with Crippen molar-refractivity contribution in [2.75, 3.05) is 25.6 Å². The molecule has 0 atom stereocenters. The SMILES string of the molecule is CCOc1cc(/C=C2/SC(=O)N(CC(=O)Nc3ccc(OC)cc3)C2=O)ccc1OCc1ccccc1F. The number of hydrogen-bond acceptors (Lipinski definition) is 7. The van der Waals surface area contributed by atoms with Gasteiger partial charge in [-0.25, -0.2) is 4.39 Å². The highest BCUT2D eigenvalue weighted by molar-refractivity contribution is 8.18. The van der Waals surface area contributed by atoms with E-state index in [1.54, 1.807) is 66.7 Å². The summed E-state index contributed by atoms with van der Waals surface area (Å²) in [5.41, 5.74) is 1.52. The molecule has 1 heterocycles. The van der Waals surface area contributed by atoms with Crippen molar-refractivity contribution in [1.82, 2.24) is 4.90 Å². The molecule has 0 spiro atoms. The summed E-state index contributed by atoms with van der Waals surface area (Å²) in [5, 5.41) is 2.12. The van der Waals surface area contributed by atoms with Gasteiger partial charge in [0, 0.05) is 11.3 Å². The number of carbonyl (C=O) groups is 3. The number of benzene rings is 3. The molecule has 1 saturated heterocycles. The minimum absolute atomic E-state index is 0.0174. The summed E-state index contributed by atoms with van der Waals surface area (Å²) in [6, 6.07) is 18.0. The molecule has 0 unspecified atom stereocenters. The molecule has 196 valence electrons. The van der Waals surface area contributed by atoms with Crippen LogP contribution in [0.2, 0.25) is 0 Å². The maximum Gasteiger partial charge on any atom is 0.294 e. The van der Waals surface area contributed by atoms with E-state index >= 15 is 0 Å². The average Bonchev–Trinajstić information content (AvgIpc) is 3.17. The van der Waals surface area contributed by atoms with E-state index in [-0.39, 0.29) is 17.3 Å². The molecule has 4 rings (SSSR count). The van der Waals surface area contributed by atoms with Gasteiger partial charge in [-0.3, -0.25) is 19.3 Å². The molecule has 38 heavy (non-hydrogen) atoms. The molecule has 0 bridgehead atoms. The summed E-state index contributed by atoms with van der Waals surface area (Å²) >= 11 is 0.751. The second-order valence-electron chi connectivity index (χ2n) is 8.06. The van der Waals surface area contributed by atoms with Gasteiger partial charge in [0.05, 0.1) is 18.6 Å². The number of methoxy groups -OCH3 is 1. The van der Waals surface area contributed by atoms with E-state index in [9.17, 15) is 18.8 Å². The van der Waals surface area contributed by atoms with Crippen LogP contribution in [0.15, 0.2) is 71.6 Å². The summed E-state index contributed by atoms with van der Waals surface area (Å²) in [4.78, 5) is 38.9. The monoisotopic (exact) mass is 536 g/mol. The van der Waals surface area contributed by atoms with E-state index in [0.29, 0.717) is 40.7 Å². The van der Waals surface area contributed by atoms with E-state index in [1.807, 2.05) is 6.92 Å². The molecule has 0 saturated carbocycles. The number of nitrogens with one attached hydrogen (secondary N) is 1. The first-order valence-corrected chi connectivity index (χ1v) is 12.5. The van der Waals surface area contributed by atoms with Crippen molar-refractivity contribution < 1.29 is 33.0 Å². The predicted molar refractivity (Wildman–Crippen MR) is 143 cm³/mol. The number of hydrogen-bond donors (Lipinski definition) is 1. The number of ether oxygens (including phenoxy) is 3. The molecule has 0 aromatic heterocycles. The topological polar surface area (TPSA) is 94.2 Å². The molecule has 8 nitrogen and oxygen atoms in total. The fourth-order valence-electron chi connectivity index (χ4n) is 3.58. The molecule has 1 fully saturated rings. The van der Waals surface area contributed by atoms with Crippen LogP contribution in [0.3, 0.4) is 0 Å². The maximum atomic E-state index is 13.9. The Labute approximate surface area is 223 Å². The second kappa shape index (κ2) is 12.3. The first-order valence-electron chi connectivity index (χ1n) is 11.7. The maximum absolute atomic E-state index is 13.9. The number of amides is 3. The summed E-state index contributed by atoms with van der Waals surface area (Å²) in [6.45, 7) is 1.78. The van der Waals surface area contributed by atoms with E-state index in [1.165, 1.54) is 13.2 Å². The minimum atomic E-state index is -0.567. The zero-order chi connectivity index (χ0) is 27.1. The van der Waals surface area contributed by atoms with Gasteiger partial charge >= 0.3 is 0 Å². The fraction of sp³-hybridized carbons (Fsp3) is 0.179. The lowest BCUT2D eigenvalue weighted by molar-refractivity contribution is -0.127. The zero-order valence-corrected chi connectivity index (χ0v) is 21.5. The molecular formula is C28H25FN2O6S. The summed E-state index contributed by atoms with van der Waals surface area (Å²) in [5.74, 6) is 0.0226. The Morgan fingerprint density at radius 1 is 1.03 bits per heavy atom. The van der Waals surface area contributed by atoms with E-state index in [0.717, 1.165) is 16.7 Å². The quantitative estimate of drug-likeness (QED) is 0.343. The van der Waals surface area contributed by atoms with Crippen LogP contribution in [-0.4, -0.2) is 42.2 Å². The lowest BCUT2D eigenvalue weighted by Gasteiger charge is -2.13. The van der Waals surface area contributed by atoms with Crippen LogP contribution < -0.4 is 19.5 Å². The predicted octanol–water partition coefficient (Wildman–Crippen LogP) is 5.49. The van der Waals surface area contributed by atoms with Gasteiger partial charge in [0.2, 0.25) is 5.91 Å². The van der Waals surface area contributed by atoms with Gasteiger partial charge < -0.3 is 19.5 Å². The highest BCUT2D eigenvalue weighted by atomic mass is 32.2. The van der Waals surface area contributed by atoms with Crippen molar-refractivity contribution >= 4 is 40.6 Å². The third-order valence-electron chi connectivity index (χ3n) is 5.46. The summed E-state index contributed by atoms with van der Waals surface area (Å²) < 4.78 is 30.5. The molecule has 0 radical (unpaired) electrons. The van der Waals surface area contributed by atoms with Crippen molar-refractivity contribution in [3.63, 3.8) is 0 Å². The number of nitrogens with zero attached hydrogens (tertiary/aromatic N) is 1. The van der Waals surface area contributed by atoms with Gasteiger partial charge in [-0.05, 0) is 72.8 Å². The van der Waals surface area contributed by atoms with E-state index in [4.69, 9.17) is 14.2 Å². The molecule has 3 aromatic rings. The van der Waals surface area contributed by atoms with Crippen LogP contribution >= 0.6 is 11.8 Å². The smallest absolute Gasteiger partial charge is 0.294 e. The highest BCUT2D eigenvalue weighted by Crippen LogP contribution is 2.35. The molecule has 1 aliphatic heterocycles. The summed E-state index contributed by atoms with van der Waals surface area (Å²) in [7, 11) is 1.54. The number of anilines is 1. The van der Waals surface area contributed by atoms with Crippen LogP contribution in [0.5, 0.6) is 17.2 Å². The van der Waals surface area contributed by atoms with Gasteiger partial charge in [0.25, 0.3) is 11.1 Å². The van der Waals surface area contributed by atoms with Gasteiger partial charge in [-0.2, -0.15) is 0 Å². The fourth-order valence-corrected chi connectivity index (χ4v) is 4.42. The Bertz CT molecular complexity index is 1380. The van der Waals surface area contributed by atoms with Gasteiger partial charge in [0.15, 0.2) is 11.5 Å². The van der Waals surface area contributed by atoms with Crippen LogP contribution in [-0.2, 0) is 16.2 Å². The number of imide groups is 1. The lowest BCUT2D eigenvalue weighted by atomic mass is 10.1.